The number of fused-ring (bicyclic) bond motifs is 1. The molecule has 0 N–H and O–H groups in total. The summed E-state index contributed by atoms with van der Waals surface area (Å²) in [7, 11) is 2.22. The Labute approximate surface area is 104 Å². The minimum absolute atomic E-state index is 0.663. The minimum atomic E-state index is 0.663. The van der Waals surface area contributed by atoms with Gasteiger partial charge in [0.05, 0.1) is 0 Å². The van der Waals surface area contributed by atoms with Gasteiger partial charge in [-0.05, 0) is 59.2 Å². The van der Waals surface area contributed by atoms with Crippen LogP contribution in [0.5, 0.6) is 0 Å². The molecule has 3 nitrogen and oxygen atoms in total. The van der Waals surface area contributed by atoms with Crippen LogP contribution in [0.25, 0.3) is 0 Å². The number of rotatable bonds is 1. The third kappa shape index (κ3) is 2.01. The Hall–Kier alpha value is -0.830. The van der Waals surface area contributed by atoms with Crippen LogP contribution in [0.4, 0.5) is 0 Å². The highest BCUT2D eigenvalue weighted by molar-refractivity contribution is 5.14. The molecule has 17 heavy (non-hydrogen) atoms. The van der Waals surface area contributed by atoms with Gasteiger partial charge in [0.1, 0.15) is 5.82 Å². The summed E-state index contributed by atoms with van der Waals surface area (Å²) in [6, 6.07) is 0.663. The quantitative estimate of drug-likeness (QED) is 0.743. The first-order valence-electron chi connectivity index (χ1n) is 7.00. The van der Waals surface area contributed by atoms with Crippen molar-refractivity contribution in [3.63, 3.8) is 0 Å². The molecule has 1 saturated heterocycles. The fourth-order valence-corrected chi connectivity index (χ4v) is 3.38. The van der Waals surface area contributed by atoms with E-state index in [0.717, 1.165) is 0 Å². The molecule has 1 aromatic heterocycles. The van der Waals surface area contributed by atoms with E-state index in [-0.39, 0.29) is 0 Å². The van der Waals surface area contributed by atoms with Crippen LogP contribution in [-0.4, -0.2) is 34.6 Å². The summed E-state index contributed by atoms with van der Waals surface area (Å²) in [6.07, 6.45) is 8.56. The lowest BCUT2D eigenvalue weighted by Crippen LogP contribution is -2.31. The monoisotopic (exact) mass is 233 g/mol. The van der Waals surface area contributed by atoms with E-state index in [1.165, 1.54) is 56.7 Å². The van der Waals surface area contributed by atoms with Gasteiger partial charge in [0.15, 0.2) is 0 Å². The van der Waals surface area contributed by atoms with Crippen LogP contribution in [0.3, 0.4) is 0 Å². The SMILES string of the molecule is CC1CCCc2cnc(C3CCN(C)CC3)n21. The molecular formula is C14H23N3. The van der Waals surface area contributed by atoms with Crippen molar-refractivity contribution >= 4 is 0 Å². The van der Waals surface area contributed by atoms with Gasteiger partial charge in [0.2, 0.25) is 0 Å². The summed E-state index contributed by atoms with van der Waals surface area (Å²) in [5.74, 6) is 2.07. The number of imidazole rings is 1. The van der Waals surface area contributed by atoms with Crippen molar-refractivity contribution in [1.82, 2.24) is 14.5 Å². The van der Waals surface area contributed by atoms with Gasteiger partial charge < -0.3 is 9.47 Å². The Morgan fingerprint density at radius 2 is 2.00 bits per heavy atom. The Bertz CT molecular complexity index is 388. The zero-order valence-electron chi connectivity index (χ0n) is 11.0. The summed E-state index contributed by atoms with van der Waals surface area (Å²) in [5.41, 5.74) is 1.47. The van der Waals surface area contributed by atoms with E-state index in [0.29, 0.717) is 12.0 Å². The first-order chi connectivity index (χ1) is 8.25. The van der Waals surface area contributed by atoms with Crippen molar-refractivity contribution in [2.75, 3.05) is 20.1 Å². The minimum Gasteiger partial charge on any atom is -0.329 e. The topological polar surface area (TPSA) is 21.1 Å². The maximum atomic E-state index is 4.74. The molecular weight excluding hydrogens is 210 g/mol. The molecule has 94 valence electrons. The van der Waals surface area contributed by atoms with Gasteiger partial charge in [-0.25, -0.2) is 4.98 Å². The third-order valence-corrected chi connectivity index (χ3v) is 4.48. The van der Waals surface area contributed by atoms with Gasteiger partial charge in [-0.1, -0.05) is 0 Å². The summed E-state index contributed by atoms with van der Waals surface area (Å²) in [5, 5.41) is 0. The number of likely N-dealkylation sites (tertiary alicyclic amines) is 1. The molecule has 0 aromatic carbocycles. The second kappa shape index (κ2) is 4.45. The lowest BCUT2D eigenvalue weighted by molar-refractivity contribution is 0.245. The van der Waals surface area contributed by atoms with Gasteiger partial charge >= 0.3 is 0 Å². The van der Waals surface area contributed by atoms with Crippen molar-refractivity contribution in [2.24, 2.45) is 0 Å². The van der Waals surface area contributed by atoms with E-state index in [1.54, 1.807) is 0 Å². The number of aromatic nitrogens is 2. The predicted molar refractivity (Wildman–Crippen MR) is 69.3 cm³/mol. The van der Waals surface area contributed by atoms with Crippen molar-refractivity contribution in [3.05, 3.63) is 17.7 Å². The molecule has 1 fully saturated rings. The average Bonchev–Trinajstić information content (AvgIpc) is 2.75. The first-order valence-corrected chi connectivity index (χ1v) is 7.00. The van der Waals surface area contributed by atoms with Crippen LogP contribution < -0.4 is 0 Å². The lowest BCUT2D eigenvalue weighted by atomic mass is 9.95. The molecule has 3 rings (SSSR count). The zero-order valence-corrected chi connectivity index (χ0v) is 11.0. The predicted octanol–water partition coefficient (Wildman–Crippen LogP) is 2.59. The Kier molecular flexibility index (Phi) is 2.95. The second-order valence-corrected chi connectivity index (χ2v) is 5.80. The number of hydrogen-bond donors (Lipinski definition) is 0. The molecule has 2 aliphatic rings. The van der Waals surface area contributed by atoms with Crippen LogP contribution >= 0.6 is 0 Å². The van der Waals surface area contributed by atoms with E-state index >= 15 is 0 Å². The zero-order chi connectivity index (χ0) is 11.8. The smallest absolute Gasteiger partial charge is 0.112 e. The number of nitrogens with zero attached hydrogens (tertiary/aromatic N) is 3. The van der Waals surface area contributed by atoms with Crippen LogP contribution in [0.15, 0.2) is 6.20 Å². The van der Waals surface area contributed by atoms with E-state index in [2.05, 4.69) is 29.6 Å². The van der Waals surface area contributed by atoms with Crippen LogP contribution in [0, 0.1) is 0 Å². The van der Waals surface area contributed by atoms with Crippen molar-refractivity contribution in [1.29, 1.82) is 0 Å². The average molecular weight is 233 g/mol. The fraction of sp³-hybridized carbons (Fsp3) is 0.786. The summed E-state index contributed by atoms with van der Waals surface area (Å²) in [6.45, 7) is 4.80. The van der Waals surface area contributed by atoms with Gasteiger partial charge in [-0.3, -0.25) is 0 Å². The van der Waals surface area contributed by atoms with E-state index in [4.69, 9.17) is 4.98 Å². The summed E-state index contributed by atoms with van der Waals surface area (Å²) in [4.78, 5) is 7.17. The van der Waals surface area contributed by atoms with Crippen LogP contribution in [0.2, 0.25) is 0 Å². The molecule has 3 heteroatoms. The van der Waals surface area contributed by atoms with E-state index < -0.39 is 0 Å². The highest BCUT2D eigenvalue weighted by atomic mass is 15.1. The van der Waals surface area contributed by atoms with Gasteiger partial charge in [0.25, 0.3) is 0 Å². The molecule has 2 aliphatic heterocycles. The fourth-order valence-electron chi connectivity index (χ4n) is 3.38. The summed E-state index contributed by atoms with van der Waals surface area (Å²) < 4.78 is 2.54. The highest BCUT2D eigenvalue weighted by Gasteiger charge is 2.27. The number of hydrogen-bond acceptors (Lipinski definition) is 2. The third-order valence-electron chi connectivity index (χ3n) is 4.48. The summed E-state index contributed by atoms with van der Waals surface area (Å²) >= 11 is 0. The molecule has 1 aromatic rings. The molecule has 1 unspecified atom stereocenters. The van der Waals surface area contributed by atoms with E-state index in [1.807, 2.05) is 0 Å². The normalized spacial score (nSPS) is 27.1. The molecule has 0 radical (unpaired) electrons. The van der Waals surface area contributed by atoms with Crippen molar-refractivity contribution < 1.29 is 0 Å². The highest BCUT2D eigenvalue weighted by Crippen LogP contribution is 2.33. The van der Waals surface area contributed by atoms with Crippen LogP contribution in [-0.2, 0) is 6.42 Å². The number of piperidine rings is 1. The molecule has 0 saturated carbocycles. The molecule has 1 atom stereocenters. The Morgan fingerprint density at radius 1 is 1.24 bits per heavy atom. The first kappa shape index (κ1) is 11.3. The van der Waals surface area contributed by atoms with Crippen molar-refractivity contribution in [2.45, 2.75) is 51.0 Å². The lowest BCUT2D eigenvalue weighted by Gasteiger charge is -2.31. The van der Waals surface area contributed by atoms with Gasteiger partial charge in [-0.15, -0.1) is 0 Å². The van der Waals surface area contributed by atoms with Gasteiger partial charge in [0, 0.05) is 23.9 Å². The molecule has 0 spiro atoms. The van der Waals surface area contributed by atoms with Crippen molar-refractivity contribution in [3.8, 4) is 0 Å². The van der Waals surface area contributed by atoms with Gasteiger partial charge in [-0.2, -0.15) is 0 Å². The Balaban J connectivity index is 1.86. The van der Waals surface area contributed by atoms with E-state index in [9.17, 15) is 0 Å². The van der Waals surface area contributed by atoms with Crippen LogP contribution in [0.1, 0.15) is 56.1 Å². The largest absolute Gasteiger partial charge is 0.329 e. The molecule has 0 bridgehead atoms. The molecule has 0 aliphatic carbocycles. The number of aryl methyl sites for hydroxylation is 1. The molecule has 3 heterocycles. The standard InChI is InChI=1S/C14H23N3/c1-11-4-3-5-13-10-15-14(17(11)13)12-6-8-16(2)9-7-12/h10-12H,3-9H2,1-2H3. The maximum Gasteiger partial charge on any atom is 0.112 e. The maximum absolute atomic E-state index is 4.74. The Morgan fingerprint density at radius 3 is 2.76 bits per heavy atom. The molecule has 0 amide bonds. The second-order valence-electron chi connectivity index (χ2n) is 5.80.